The molecule has 11 aromatic rings. The zero-order valence-corrected chi connectivity index (χ0v) is 37.7. The Morgan fingerprint density at radius 1 is 0.284 bits per heavy atom. The SMILES string of the molecule is c1ccc(-c2cccc3cccc(-c4ccccc4N(c4ccc(-c5ccc(-c6cccc7ccccc67)cc5)cc4)c4ccccc4-c4cccc5cccc(C6CCCCC6)c45)c23)cc1. The zero-order chi connectivity index (χ0) is 44.5. The average molecular weight is 858 g/mol. The van der Waals surface area contributed by atoms with Crippen molar-refractivity contribution in [2.24, 2.45) is 0 Å². The average Bonchev–Trinajstić information content (AvgIpc) is 3.41. The quantitative estimate of drug-likeness (QED) is 0.140. The smallest absolute Gasteiger partial charge is 0.0540 e. The van der Waals surface area contributed by atoms with Crippen molar-refractivity contribution < 1.29 is 0 Å². The van der Waals surface area contributed by atoms with Crippen molar-refractivity contribution >= 4 is 49.4 Å². The minimum atomic E-state index is 0.571. The Balaban J connectivity index is 1.04. The molecule has 320 valence electrons. The lowest BCUT2D eigenvalue weighted by Crippen LogP contribution is -2.13. The Labute approximate surface area is 394 Å². The van der Waals surface area contributed by atoms with Gasteiger partial charge in [0.25, 0.3) is 0 Å². The van der Waals surface area contributed by atoms with Gasteiger partial charge in [-0.1, -0.05) is 238 Å². The van der Waals surface area contributed by atoms with E-state index in [9.17, 15) is 0 Å². The first-order valence-corrected chi connectivity index (χ1v) is 24.0. The normalized spacial score (nSPS) is 13.0. The molecule has 0 bridgehead atoms. The van der Waals surface area contributed by atoms with Gasteiger partial charge in [0, 0.05) is 16.8 Å². The highest BCUT2D eigenvalue weighted by Gasteiger charge is 2.25. The van der Waals surface area contributed by atoms with Crippen LogP contribution in [0.3, 0.4) is 0 Å². The lowest BCUT2D eigenvalue weighted by atomic mass is 9.80. The van der Waals surface area contributed by atoms with Crippen molar-refractivity contribution in [1.82, 2.24) is 0 Å². The van der Waals surface area contributed by atoms with E-state index < -0.39 is 0 Å². The van der Waals surface area contributed by atoms with Gasteiger partial charge >= 0.3 is 0 Å². The monoisotopic (exact) mass is 857 g/mol. The summed E-state index contributed by atoms with van der Waals surface area (Å²) in [6.45, 7) is 0. The molecule has 0 unspecified atom stereocenters. The Hall–Kier alpha value is -8.00. The van der Waals surface area contributed by atoms with Crippen LogP contribution in [-0.4, -0.2) is 0 Å². The molecule has 1 aliphatic carbocycles. The number of benzene rings is 11. The van der Waals surface area contributed by atoms with Gasteiger partial charge in [-0.25, -0.2) is 0 Å². The van der Waals surface area contributed by atoms with Crippen LogP contribution in [0.25, 0.3) is 88.0 Å². The van der Waals surface area contributed by atoms with Crippen LogP contribution in [0.4, 0.5) is 17.1 Å². The molecule has 1 aliphatic rings. The molecule has 67 heavy (non-hydrogen) atoms. The van der Waals surface area contributed by atoms with E-state index in [0.29, 0.717) is 5.92 Å². The number of para-hydroxylation sites is 2. The van der Waals surface area contributed by atoms with Gasteiger partial charge in [-0.3, -0.25) is 0 Å². The molecule has 0 atom stereocenters. The predicted octanol–water partition coefficient (Wildman–Crippen LogP) is 19.0. The van der Waals surface area contributed by atoms with Crippen LogP contribution < -0.4 is 4.90 Å². The van der Waals surface area contributed by atoms with Gasteiger partial charge in [0.2, 0.25) is 0 Å². The topological polar surface area (TPSA) is 3.24 Å². The maximum atomic E-state index is 2.52. The molecule has 0 saturated heterocycles. The van der Waals surface area contributed by atoms with E-state index in [0.717, 1.165) is 17.1 Å². The zero-order valence-electron chi connectivity index (χ0n) is 37.7. The summed E-state index contributed by atoms with van der Waals surface area (Å²) in [5.41, 5.74) is 17.1. The molecule has 12 rings (SSSR count). The lowest BCUT2D eigenvalue weighted by molar-refractivity contribution is 0.445. The van der Waals surface area contributed by atoms with Gasteiger partial charge in [-0.2, -0.15) is 0 Å². The fourth-order valence-corrected chi connectivity index (χ4v) is 11.1. The highest BCUT2D eigenvalue weighted by Crippen LogP contribution is 2.49. The van der Waals surface area contributed by atoms with E-state index >= 15 is 0 Å². The molecule has 0 aromatic heterocycles. The third kappa shape index (κ3) is 7.57. The molecule has 0 amide bonds. The second-order valence-electron chi connectivity index (χ2n) is 18.2. The summed E-state index contributed by atoms with van der Waals surface area (Å²) in [5.74, 6) is 0.571. The van der Waals surface area contributed by atoms with Crippen LogP contribution in [-0.2, 0) is 0 Å². The van der Waals surface area contributed by atoms with E-state index in [2.05, 4.69) is 248 Å². The third-order valence-corrected chi connectivity index (χ3v) is 14.3. The largest absolute Gasteiger partial charge is 0.309 e. The van der Waals surface area contributed by atoms with Crippen molar-refractivity contribution in [2.45, 2.75) is 38.0 Å². The molecular formula is C66H51N. The van der Waals surface area contributed by atoms with Gasteiger partial charge in [0.05, 0.1) is 11.4 Å². The lowest BCUT2D eigenvalue weighted by Gasteiger charge is -2.31. The van der Waals surface area contributed by atoms with Gasteiger partial charge in [0.15, 0.2) is 0 Å². The standard InChI is InChI=1S/C66H51N/c1-3-18-49(19-4-1)57-32-14-24-52-26-16-34-61(65(52)57)59-29-9-11-36-63(59)67(54-44-42-47(43-45-54)46-38-40-51(41-39-46)56-31-13-23-48-22-7-8-28-55(48)56)64-37-12-10-30-60(64)62-35-17-27-53-25-15-33-58(66(53)62)50-20-5-2-6-21-50/h1,3-4,7-19,22-45,50H,2,5-6,20-21H2. The highest BCUT2D eigenvalue weighted by molar-refractivity contribution is 6.10. The van der Waals surface area contributed by atoms with Crippen molar-refractivity contribution in [3.8, 4) is 55.6 Å². The molecule has 0 spiro atoms. The summed E-state index contributed by atoms with van der Waals surface area (Å²) >= 11 is 0. The van der Waals surface area contributed by atoms with Crippen molar-refractivity contribution in [3.05, 3.63) is 248 Å². The number of nitrogens with zero attached hydrogens (tertiary/aromatic N) is 1. The summed E-state index contributed by atoms with van der Waals surface area (Å²) in [5, 5.41) is 7.71. The molecule has 1 heteroatoms. The van der Waals surface area contributed by atoms with Crippen LogP contribution in [0.1, 0.15) is 43.6 Å². The molecule has 0 heterocycles. The molecule has 0 N–H and O–H groups in total. The first kappa shape index (κ1) is 40.5. The van der Waals surface area contributed by atoms with Crippen molar-refractivity contribution in [3.63, 3.8) is 0 Å². The van der Waals surface area contributed by atoms with Gasteiger partial charge in [0.1, 0.15) is 0 Å². The third-order valence-electron chi connectivity index (χ3n) is 14.3. The van der Waals surface area contributed by atoms with Gasteiger partial charge in [-0.15, -0.1) is 0 Å². The summed E-state index contributed by atoms with van der Waals surface area (Å²) < 4.78 is 0. The molecule has 0 radical (unpaired) electrons. The summed E-state index contributed by atoms with van der Waals surface area (Å²) in [6.07, 6.45) is 6.44. The van der Waals surface area contributed by atoms with Crippen molar-refractivity contribution in [1.29, 1.82) is 0 Å². The fourth-order valence-electron chi connectivity index (χ4n) is 11.1. The maximum Gasteiger partial charge on any atom is 0.0540 e. The molecular weight excluding hydrogens is 807 g/mol. The van der Waals surface area contributed by atoms with E-state index in [1.807, 2.05) is 0 Å². The van der Waals surface area contributed by atoms with Crippen LogP contribution in [0.15, 0.2) is 243 Å². The Morgan fingerprint density at radius 2 is 0.731 bits per heavy atom. The van der Waals surface area contributed by atoms with Crippen molar-refractivity contribution in [2.75, 3.05) is 4.90 Å². The summed E-state index contributed by atoms with van der Waals surface area (Å²) in [6, 6.07) is 89.8. The van der Waals surface area contributed by atoms with E-state index in [4.69, 9.17) is 0 Å². The van der Waals surface area contributed by atoms with Gasteiger partial charge < -0.3 is 4.90 Å². The first-order valence-electron chi connectivity index (χ1n) is 24.0. The molecule has 1 saturated carbocycles. The number of fused-ring (bicyclic) bond motifs is 3. The Bertz CT molecular complexity index is 3530. The van der Waals surface area contributed by atoms with E-state index in [-0.39, 0.29) is 0 Å². The Kier molecular flexibility index (Phi) is 10.7. The minimum absolute atomic E-state index is 0.571. The second kappa shape index (κ2) is 17.8. The van der Waals surface area contributed by atoms with Crippen LogP contribution >= 0.6 is 0 Å². The number of hydrogen-bond donors (Lipinski definition) is 0. The molecule has 0 aliphatic heterocycles. The Morgan fingerprint density at radius 3 is 1.40 bits per heavy atom. The highest BCUT2D eigenvalue weighted by atomic mass is 15.1. The van der Waals surface area contributed by atoms with Crippen LogP contribution in [0.5, 0.6) is 0 Å². The second-order valence-corrected chi connectivity index (χ2v) is 18.2. The predicted molar refractivity (Wildman–Crippen MR) is 287 cm³/mol. The number of anilines is 3. The molecule has 11 aromatic carbocycles. The maximum absolute atomic E-state index is 2.52. The van der Waals surface area contributed by atoms with Crippen LogP contribution in [0.2, 0.25) is 0 Å². The summed E-state index contributed by atoms with van der Waals surface area (Å²) in [7, 11) is 0. The van der Waals surface area contributed by atoms with Gasteiger partial charge in [-0.05, 0) is 125 Å². The minimum Gasteiger partial charge on any atom is -0.309 e. The molecule has 1 fully saturated rings. The van der Waals surface area contributed by atoms with E-state index in [1.165, 1.54) is 126 Å². The number of hydrogen-bond acceptors (Lipinski definition) is 1. The number of rotatable bonds is 9. The van der Waals surface area contributed by atoms with Crippen LogP contribution in [0, 0.1) is 0 Å². The first-order chi connectivity index (χ1) is 33.3. The molecule has 1 nitrogen and oxygen atoms in total. The summed E-state index contributed by atoms with van der Waals surface area (Å²) in [4.78, 5) is 2.52. The fraction of sp³-hybridized carbons (Fsp3) is 0.0909. The van der Waals surface area contributed by atoms with E-state index in [1.54, 1.807) is 0 Å².